The molecular formula is C10H21NO. The molecule has 2 nitrogen and oxygen atoms in total. The molecule has 1 saturated heterocycles. The maximum absolute atomic E-state index is 8.92. The van der Waals surface area contributed by atoms with Gasteiger partial charge in [0.15, 0.2) is 0 Å². The number of nitrogens with one attached hydrogen (secondary N) is 1. The number of aliphatic hydroxyl groups excluding tert-OH is 1. The van der Waals surface area contributed by atoms with Crippen molar-refractivity contribution in [3.63, 3.8) is 0 Å². The topological polar surface area (TPSA) is 32.3 Å². The lowest BCUT2D eigenvalue weighted by Gasteiger charge is -2.26. The molecule has 1 fully saturated rings. The molecule has 2 unspecified atom stereocenters. The number of aliphatic hydroxyl groups is 1. The van der Waals surface area contributed by atoms with Crippen molar-refractivity contribution in [2.75, 3.05) is 13.2 Å². The lowest BCUT2D eigenvalue weighted by molar-refractivity contribution is 0.202. The molecule has 0 aromatic rings. The molecule has 72 valence electrons. The van der Waals surface area contributed by atoms with Crippen molar-refractivity contribution in [2.45, 2.75) is 39.2 Å². The highest BCUT2D eigenvalue weighted by molar-refractivity contribution is 4.83. The van der Waals surface area contributed by atoms with E-state index in [0.29, 0.717) is 24.5 Å². The van der Waals surface area contributed by atoms with Crippen LogP contribution in [0.1, 0.15) is 33.1 Å². The van der Waals surface area contributed by atoms with E-state index in [0.717, 1.165) is 6.42 Å². The Morgan fingerprint density at radius 2 is 2.25 bits per heavy atom. The maximum Gasteiger partial charge on any atom is 0.0434 e. The van der Waals surface area contributed by atoms with Crippen LogP contribution in [0.15, 0.2) is 0 Å². The van der Waals surface area contributed by atoms with Gasteiger partial charge in [-0.05, 0) is 37.6 Å². The van der Waals surface area contributed by atoms with Gasteiger partial charge >= 0.3 is 0 Å². The van der Waals surface area contributed by atoms with E-state index in [1.54, 1.807) is 0 Å². The van der Waals surface area contributed by atoms with Gasteiger partial charge in [0, 0.05) is 12.6 Å². The zero-order valence-electron chi connectivity index (χ0n) is 8.21. The molecule has 0 spiro atoms. The second-order valence-electron chi connectivity index (χ2n) is 4.12. The number of rotatable bonds is 4. The van der Waals surface area contributed by atoms with Crippen LogP contribution in [0.3, 0.4) is 0 Å². The predicted molar refractivity (Wildman–Crippen MR) is 51.1 cm³/mol. The third kappa shape index (κ3) is 2.46. The second-order valence-corrected chi connectivity index (χ2v) is 4.12. The van der Waals surface area contributed by atoms with E-state index in [4.69, 9.17) is 5.11 Å². The highest BCUT2D eigenvalue weighted by Gasteiger charge is 2.26. The molecule has 1 aliphatic rings. The maximum atomic E-state index is 8.92. The lowest BCUT2D eigenvalue weighted by atomic mass is 9.85. The monoisotopic (exact) mass is 171 g/mol. The van der Waals surface area contributed by atoms with Crippen LogP contribution in [-0.4, -0.2) is 24.3 Å². The molecule has 0 aliphatic carbocycles. The molecule has 1 rings (SSSR count). The summed E-state index contributed by atoms with van der Waals surface area (Å²) in [6.45, 7) is 6.00. The summed E-state index contributed by atoms with van der Waals surface area (Å²) in [4.78, 5) is 0. The standard InChI is InChI=1S/C10H21NO/c1-8(2)9(5-7-12)10-4-3-6-11-10/h8-12H,3-7H2,1-2H3. The Labute approximate surface area is 75.4 Å². The normalized spacial score (nSPS) is 26.5. The lowest BCUT2D eigenvalue weighted by Crippen LogP contribution is -2.34. The van der Waals surface area contributed by atoms with Gasteiger partial charge in [-0.15, -0.1) is 0 Å². The minimum absolute atomic E-state index is 0.334. The van der Waals surface area contributed by atoms with Crippen molar-refractivity contribution in [3.8, 4) is 0 Å². The molecule has 0 amide bonds. The van der Waals surface area contributed by atoms with Crippen LogP contribution >= 0.6 is 0 Å². The molecule has 12 heavy (non-hydrogen) atoms. The van der Waals surface area contributed by atoms with Crippen LogP contribution in [0.25, 0.3) is 0 Å². The van der Waals surface area contributed by atoms with Crippen LogP contribution in [0.5, 0.6) is 0 Å². The van der Waals surface area contributed by atoms with Crippen LogP contribution in [-0.2, 0) is 0 Å². The van der Waals surface area contributed by atoms with Gasteiger partial charge in [0.2, 0.25) is 0 Å². The Morgan fingerprint density at radius 1 is 1.50 bits per heavy atom. The minimum Gasteiger partial charge on any atom is -0.396 e. The predicted octanol–water partition coefficient (Wildman–Crippen LogP) is 1.39. The second kappa shape index (κ2) is 4.83. The smallest absolute Gasteiger partial charge is 0.0434 e. The molecule has 1 heterocycles. The molecule has 0 saturated carbocycles. The van der Waals surface area contributed by atoms with Crippen LogP contribution in [0.4, 0.5) is 0 Å². The van der Waals surface area contributed by atoms with E-state index in [9.17, 15) is 0 Å². The first kappa shape index (κ1) is 10.0. The quantitative estimate of drug-likeness (QED) is 0.670. The van der Waals surface area contributed by atoms with Crippen molar-refractivity contribution in [1.29, 1.82) is 0 Å². The SMILES string of the molecule is CC(C)C(CCO)C1CCCN1. The van der Waals surface area contributed by atoms with E-state index >= 15 is 0 Å². The summed E-state index contributed by atoms with van der Waals surface area (Å²) >= 11 is 0. The molecule has 0 radical (unpaired) electrons. The summed E-state index contributed by atoms with van der Waals surface area (Å²) in [5, 5.41) is 12.4. The summed E-state index contributed by atoms with van der Waals surface area (Å²) in [6, 6.07) is 0.664. The first-order valence-electron chi connectivity index (χ1n) is 5.10. The molecule has 2 heteroatoms. The third-order valence-electron chi connectivity index (χ3n) is 2.93. The Morgan fingerprint density at radius 3 is 2.67 bits per heavy atom. The summed E-state index contributed by atoms with van der Waals surface area (Å²) in [7, 11) is 0. The van der Waals surface area contributed by atoms with Crippen LogP contribution in [0.2, 0.25) is 0 Å². The van der Waals surface area contributed by atoms with Crippen molar-refractivity contribution in [2.24, 2.45) is 11.8 Å². The molecule has 0 aromatic carbocycles. The van der Waals surface area contributed by atoms with Gasteiger partial charge in [0.1, 0.15) is 0 Å². The Bertz CT molecular complexity index is 119. The fourth-order valence-electron chi connectivity index (χ4n) is 2.23. The molecule has 0 aromatic heterocycles. The van der Waals surface area contributed by atoms with Gasteiger partial charge < -0.3 is 10.4 Å². The van der Waals surface area contributed by atoms with Crippen molar-refractivity contribution < 1.29 is 5.11 Å². The Hall–Kier alpha value is -0.0800. The highest BCUT2D eigenvalue weighted by Crippen LogP contribution is 2.24. The van der Waals surface area contributed by atoms with E-state index in [1.807, 2.05) is 0 Å². The molecule has 1 aliphatic heterocycles. The zero-order valence-corrected chi connectivity index (χ0v) is 8.21. The van der Waals surface area contributed by atoms with Gasteiger partial charge in [0.25, 0.3) is 0 Å². The molecule has 2 atom stereocenters. The van der Waals surface area contributed by atoms with Crippen molar-refractivity contribution >= 4 is 0 Å². The summed E-state index contributed by atoms with van der Waals surface area (Å²) in [5.41, 5.74) is 0. The minimum atomic E-state index is 0.334. The third-order valence-corrected chi connectivity index (χ3v) is 2.93. The summed E-state index contributed by atoms with van der Waals surface area (Å²) < 4.78 is 0. The van der Waals surface area contributed by atoms with Gasteiger partial charge in [0.05, 0.1) is 0 Å². The van der Waals surface area contributed by atoms with Gasteiger partial charge in [-0.2, -0.15) is 0 Å². The van der Waals surface area contributed by atoms with Crippen LogP contribution in [0, 0.1) is 11.8 Å². The first-order valence-corrected chi connectivity index (χ1v) is 5.10. The molecule has 2 N–H and O–H groups in total. The van der Waals surface area contributed by atoms with Gasteiger partial charge in [-0.1, -0.05) is 13.8 Å². The fraction of sp³-hybridized carbons (Fsp3) is 1.00. The zero-order chi connectivity index (χ0) is 8.97. The van der Waals surface area contributed by atoms with Crippen molar-refractivity contribution in [3.05, 3.63) is 0 Å². The number of hydrogen-bond acceptors (Lipinski definition) is 2. The number of hydrogen-bond donors (Lipinski definition) is 2. The van der Waals surface area contributed by atoms with Gasteiger partial charge in [-0.3, -0.25) is 0 Å². The average molecular weight is 171 g/mol. The summed E-state index contributed by atoms with van der Waals surface area (Å²) in [6.07, 6.45) is 3.55. The molecular weight excluding hydrogens is 150 g/mol. The Kier molecular flexibility index (Phi) is 4.02. The van der Waals surface area contributed by atoms with E-state index < -0.39 is 0 Å². The van der Waals surface area contributed by atoms with E-state index in [2.05, 4.69) is 19.2 Å². The summed E-state index contributed by atoms with van der Waals surface area (Å²) in [5.74, 6) is 1.35. The van der Waals surface area contributed by atoms with Gasteiger partial charge in [-0.25, -0.2) is 0 Å². The average Bonchev–Trinajstić information content (AvgIpc) is 2.51. The van der Waals surface area contributed by atoms with E-state index in [1.165, 1.54) is 19.4 Å². The highest BCUT2D eigenvalue weighted by atomic mass is 16.3. The first-order chi connectivity index (χ1) is 5.75. The van der Waals surface area contributed by atoms with Crippen molar-refractivity contribution in [1.82, 2.24) is 5.32 Å². The largest absolute Gasteiger partial charge is 0.396 e. The fourth-order valence-corrected chi connectivity index (χ4v) is 2.23. The van der Waals surface area contributed by atoms with Crippen LogP contribution < -0.4 is 5.32 Å². The Balaban J connectivity index is 2.40. The molecule has 0 bridgehead atoms. The van der Waals surface area contributed by atoms with E-state index in [-0.39, 0.29) is 0 Å².